The van der Waals surface area contributed by atoms with E-state index in [2.05, 4.69) is 27.3 Å². The summed E-state index contributed by atoms with van der Waals surface area (Å²) in [5.74, 6) is 0.873. The van der Waals surface area contributed by atoms with Gasteiger partial charge in [0.1, 0.15) is 29.9 Å². The lowest BCUT2D eigenvalue weighted by atomic mass is 9.66. The molecule has 4 aromatic rings. The Morgan fingerprint density at radius 2 is 1.86 bits per heavy atom. The monoisotopic (exact) mass is 580 g/mol. The van der Waals surface area contributed by atoms with Crippen molar-refractivity contribution in [2.24, 2.45) is 5.41 Å². The molecule has 3 heterocycles. The van der Waals surface area contributed by atoms with Crippen molar-refractivity contribution in [3.8, 4) is 16.9 Å². The smallest absolute Gasteiger partial charge is 0.245 e. The number of nitrogens with zero attached hydrogens (tertiary/aromatic N) is 5. The highest BCUT2D eigenvalue weighted by atomic mass is 16.5. The first-order valence-corrected chi connectivity index (χ1v) is 14.6. The maximum absolute atomic E-state index is 14.0. The molecule has 222 valence electrons. The molecule has 2 aromatic carbocycles. The molecule has 1 aliphatic carbocycles. The molecule has 3 atom stereocenters. The van der Waals surface area contributed by atoms with Gasteiger partial charge in [0, 0.05) is 42.9 Å². The van der Waals surface area contributed by atoms with Crippen molar-refractivity contribution in [2.75, 3.05) is 7.11 Å². The molecule has 1 N–H and O–H groups in total. The number of carbonyl (C=O) groups excluding carboxylic acids is 3. The number of aryl methyl sites for hydroxylation is 2. The molecular weight excluding hydrogens is 544 g/mol. The average molecular weight is 581 g/mol. The topological polar surface area (TPSA) is 119 Å². The summed E-state index contributed by atoms with van der Waals surface area (Å²) in [6.45, 7) is 7.69. The van der Waals surface area contributed by atoms with Crippen molar-refractivity contribution < 1.29 is 19.1 Å². The number of ether oxygens (including phenoxy) is 1. The van der Waals surface area contributed by atoms with Crippen LogP contribution < -0.4 is 10.1 Å². The predicted octanol–water partition coefficient (Wildman–Crippen LogP) is 4.41. The molecule has 6 rings (SSSR count). The van der Waals surface area contributed by atoms with Gasteiger partial charge >= 0.3 is 0 Å². The highest BCUT2D eigenvalue weighted by Gasteiger charge is 2.58. The van der Waals surface area contributed by atoms with Crippen LogP contribution in [0, 0.1) is 19.3 Å². The Balaban J connectivity index is 1.28. The molecule has 0 spiro atoms. The van der Waals surface area contributed by atoms with Crippen molar-refractivity contribution in [3.05, 3.63) is 71.4 Å². The zero-order chi connectivity index (χ0) is 30.5. The van der Waals surface area contributed by atoms with E-state index in [-0.39, 0.29) is 35.6 Å². The lowest BCUT2D eigenvalue weighted by molar-refractivity contribution is -0.143. The summed E-state index contributed by atoms with van der Waals surface area (Å²) in [5, 5.41) is 8.35. The lowest BCUT2D eigenvalue weighted by Crippen LogP contribution is -2.53. The number of carbonyl (C=O) groups is 3. The van der Waals surface area contributed by atoms with E-state index in [4.69, 9.17) is 4.74 Å². The Morgan fingerprint density at radius 1 is 1.09 bits per heavy atom. The number of fused-ring (bicyclic) bond motifs is 2. The van der Waals surface area contributed by atoms with Gasteiger partial charge in [-0.05, 0) is 79.5 Å². The molecule has 2 aliphatic rings. The summed E-state index contributed by atoms with van der Waals surface area (Å²) in [7, 11) is 1.61. The van der Waals surface area contributed by atoms with E-state index in [1.54, 1.807) is 29.1 Å². The molecule has 2 fully saturated rings. The molecular formula is C33H36N6O4. The van der Waals surface area contributed by atoms with Gasteiger partial charge in [-0.15, -0.1) is 0 Å². The zero-order valence-electron chi connectivity index (χ0n) is 25.2. The number of likely N-dealkylation sites (tertiary alicyclic amines) is 1. The maximum Gasteiger partial charge on any atom is 0.245 e. The van der Waals surface area contributed by atoms with Crippen LogP contribution in [0.15, 0.2) is 48.8 Å². The van der Waals surface area contributed by atoms with Crippen LogP contribution in [0.1, 0.15) is 60.5 Å². The number of hydrogen-bond donors (Lipinski definition) is 1. The van der Waals surface area contributed by atoms with E-state index in [1.165, 1.54) is 6.92 Å². The number of aromatic nitrogens is 4. The van der Waals surface area contributed by atoms with Crippen molar-refractivity contribution >= 4 is 28.5 Å². The predicted molar refractivity (Wildman–Crippen MR) is 161 cm³/mol. The quantitative estimate of drug-likeness (QED) is 0.307. The average Bonchev–Trinajstić information content (AvgIpc) is 3.45. The molecule has 43 heavy (non-hydrogen) atoms. The molecule has 0 unspecified atom stereocenters. The number of nitrogens with one attached hydrogen (secondary N) is 1. The summed E-state index contributed by atoms with van der Waals surface area (Å²) in [6, 6.07) is 10.9. The number of Topliss-reactive ketones (excluding diaryl/α,β-unsaturated/α-hetero) is 1. The van der Waals surface area contributed by atoms with Gasteiger partial charge in [-0.2, -0.15) is 5.10 Å². The standard InChI is InChI=1S/C33H36N6O4/c1-19-11-23(24-16-34-21(3)35-17-24)13-26-30(20(2)40)37-38(31(19)26)18-29(41)39-27(14-33(4)10-9-28(33)39)32(42)36-15-22-7-6-8-25(12-22)43-5/h6-8,11-13,16-17,27-28H,9-10,14-15,18H2,1-5H3,(H,36,42)/t27-,28+,33+/m0/s1. The molecule has 10 nitrogen and oxygen atoms in total. The Kier molecular flexibility index (Phi) is 7.23. The number of benzene rings is 2. The number of ketones is 1. The Morgan fingerprint density at radius 3 is 2.53 bits per heavy atom. The van der Waals surface area contributed by atoms with E-state index in [0.717, 1.165) is 46.4 Å². The lowest BCUT2D eigenvalue weighted by Gasteiger charge is -2.44. The second-order valence-corrected chi connectivity index (χ2v) is 12.1. The molecule has 10 heteroatoms. The molecule has 1 saturated heterocycles. The number of rotatable bonds is 8. The Hall–Kier alpha value is -4.60. The van der Waals surface area contributed by atoms with Crippen LogP contribution in [0.3, 0.4) is 0 Å². The second-order valence-electron chi connectivity index (χ2n) is 12.1. The highest BCUT2D eigenvalue weighted by molar-refractivity contribution is 6.07. The van der Waals surface area contributed by atoms with Gasteiger partial charge in [-0.25, -0.2) is 9.97 Å². The van der Waals surface area contributed by atoms with Crippen LogP contribution >= 0.6 is 0 Å². The number of amides is 2. The summed E-state index contributed by atoms with van der Waals surface area (Å²) < 4.78 is 6.93. The normalized spacial score (nSPS) is 20.9. The fourth-order valence-corrected chi connectivity index (χ4v) is 6.71. The summed E-state index contributed by atoms with van der Waals surface area (Å²) in [5.41, 5.74) is 4.45. The van der Waals surface area contributed by atoms with E-state index >= 15 is 0 Å². The molecule has 0 radical (unpaired) electrons. The third kappa shape index (κ3) is 5.15. The fraction of sp³-hybridized carbons (Fsp3) is 0.394. The number of hydrogen-bond acceptors (Lipinski definition) is 7. The van der Waals surface area contributed by atoms with Crippen LogP contribution in [-0.2, 0) is 22.7 Å². The molecule has 2 aromatic heterocycles. The Bertz CT molecular complexity index is 1750. The third-order valence-corrected chi connectivity index (χ3v) is 9.08. The molecule has 2 amide bonds. The van der Waals surface area contributed by atoms with Gasteiger partial charge in [0.2, 0.25) is 11.8 Å². The van der Waals surface area contributed by atoms with E-state index in [9.17, 15) is 14.4 Å². The first-order chi connectivity index (χ1) is 20.6. The maximum atomic E-state index is 14.0. The van der Waals surface area contributed by atoms with Gasteiger partial charge in [0.15, 0.2) is 5.78 Å². The summed E-state index contributed by atoms with van der Waals surface area (Å²) in [6.07, 6.45) is 5.97. The van der Waals surface area contributed by atoms with Gasteiger partial charge in [-0.1, -0.05) is 19.1 Å². The summed E-state index contributed by atoms with van der Waals surface area (Å²) >= 11 is 0. The van der Waals surface area contributed by atoms with Crippen molar-refractivity contribution in [1.29, 1.82) is 0 Å². The van der Waals surface area contributed by atoms with Crippen molar-refractivity contribution in [1.82, 2.24) is 30.0 Å². The van der Waals surface area contributed by atoms with Gasteiger partial charge in [0.05, 0.1) is 12.6 Å². The van der Waals surface area contributed by atoms with Crippen LogP contribution in [0.4, 0.5) is 0 Å². The molecule has 1 aliphatic heterocycles. The second kappa shape index (κ2) is 10.9. The first kappa shape index (κ1) is 28.5. The van der Waals surface area contributed by atoms with Gasteiger partial charge in [0.25, 0.3) is 0 Å². The first-order valence-electron chi connectivity index (χ1n) is 14.6. The minimum absolute atomic E-state index is 0.00379. The fourth-order valence-electron chi connectivity index (χ4n) is 6.71. The van der Waals surface area contributed by atoms with E-state index < -0.39 is 6.04 Å². The van der Waals surface area contributed by atoms with Gasteiger partial charge < -0.3 is 15.0 Å². The molecule has 1 saturated carbocycles. The van der Waals surface area contributed by atoms with E-state index in [1.807, 2.05) is 50.2 Å². The number of methoxy groups -OCH3 is 1. The summed E-state index contributed by atoms with van der Waals surface area (Å²) in [4.78, 5) is 50.7. The van der Waals surface area contributed by atoms with Crippen LogP contribution in [0.2, 0.25) is 0 Å². The minimum Gasteiger partial charge on any atom is -0.497 e. The van der Waals surface area contributed by atoms with Crippen LogP contribution in [0.25, 0.3) is 22.0 Å². The zero-order valence-corrected chi connectivity index (χ0v) is 25.2. The highest BCUT2D eigenvalue weighted by Crippen LogP contribution is 2.54. The van der Waals surface area contributed by atoms with Crippen LogP contribution in [-0.4, -0.2) is 61.4 Å². The van der Waals surface area contributed by atoms with Crippen LogP contribution in [0.5, 0.6) is 5.75 Å². The SMILES string of the molecule is COc1cccc(CNC(=O)[C@@H]2C[C@@]3(C)CC[C@H]3N2C(=O)Cn2nc(C(C)=O)c3cc(-c4cnc(C)nc4)cc(C)c32)c1. The Labute approximate surface area is 250 Å². The largest absolute Gasteiger partial charge is 0.497 e. The van der Waals surface area contributed by atoms with Crippen molar-refractivity contribution in [2.45, 2.75) is 72.1 Å². The van der Waals surface area contributed by atoms with Gasteiger partial charge in [-0.3, -0.25) is 19.1 Å². The minimum atomic E-state index is -0.570. The third-order valence-electron chi connectivity index (χ3n) is 9.08. The van der Waals surface area contributed by atoms with E-state index in [0.29, 0.717) is 29.9 Å². The molecule has 0 bridgehead atoms. The van der Waals surface area contributed by atoms with Crippen molar-refractivity contribution in [3.63, 3.8) is 0 Å².